The second kappa shape index (κ2) is 9.18. The van der Waals surface area contributed by atoms with Gasteiger partial charge in [-0.25, -0.2) is 0 Å². The number of aromatic nitrogens is 2. The highest BCUT2D eigenvalue weighted by Gasteiger charge is 2.22. The van der Waals surface area contributed by atoms with Crippen molar-refractivity contribution in [1.29, 1.82) is 0 Å². The van der Waals surface area contributed by atoms with E-state index in [0.29, 0.717) is 25.2 Å². The van der Waals surface area contributed by atoms with Crippen molar-refractivity contribution in [2.24, 2.45) is 0 Å². The van der Waals surface area contributed by atoms with Gasteiger partial charge >= 0.3 is 0 Å². The van der Waals surface area contributed by atoms with Crippen LogP contribution in [0.2, 0.25) is 0 Å². The van der Waals surface area contributed by atoms with Crippen LogP contribution in [0.5, 0.6) is 5.75 Å². The fourth-order valence-electron chi connectivity index (χ4n) is 3.53. The van der Waals surface area contributed by atoms with Gasteiger partial charge in [0.1, 0.15) is 12.0 Å². The van der Waals surface area contributed by atoms with Crippen molar-refractivity contribution in [2.45, 2.75) is 52.7 Å². The summed E-state index contributed by atoms with van der Waals surface area (Å²) in [4.78, 5) is 22.8. The molecule has 3 rings (SSSR count). The number of aldehydes is 1. The molecule has 0 bridgehead atoms. The fourth-order valence-corrected chi connectivity index (χ4v) is 3.53. The molecule has 0 radical (unpaired) electrons. The first kappa shape index (κ1) is 21.7. The van der Waals surface area contributed by atoms with E-state index in [2.05, 4.69) is 14.9 Å². The number of carbonyl (C=O) groups excluding carboxylic acids is 1. The number of nitrogens with zero attached hydrogens (tertiary/aromatic N) is 3. The minimum absolute atomic E-state index is 0.247. The van der Waals surface area contributed by atoms with Crippen LogP contribution in [0, 0.1) is 6.92 Å². The molecule has 0 aliphatic heterocycles. The second-order valence-corrected chi connectivity index (χ2v) is 8.68. The maximum atomic E-state index is 11.5. The van der Waals surface area contributed by atoms with Crippen LogP contribution >= 0.6 is 0 Å². The van der Waals surface area contributed by atoms with Crippen molar-refractivity contribution in [1.82, 2.24) is 14.9 Å². The van der Waals surface area contributed by atoms with Gasteiger partial charge in [0.25, 0.3) is 0 Å². The highest BCUT2D eigenvalue weighted by molar-refractivity contribution is 5.76. The Balaban J connectivity index is 1.96. The first-order valence-electron chi connectivity index (χ1n) is 10.1. The number of aromatic hydroxyl groups is 1. The number of carbonyl (C=O) groups is 1. The molecule has 3 aromatic rings. The highest BCUT2D eigenvalue weighted by Crippen LogP contribution is 2.35. The third-order valence-electron chi connectivity index (χ3n) is 4.99. The number of hydrogen-bond donors (Lipinski definition) is 1. The molecule has 156 valence electrons. The Morgan fingerprint density at radius 1 is 1.00 bits per heavy atom. The Bertz CT molecular complexity index is 1010. The van der Waals surface area contributed by atoms with Crippen LogP contribution in [0.1, 0.15) is 59.3 Å². The summed E-state index contributed by atoms with van der Waals surface area (Å²) < 4.78 is 0. The summed E-state index contributed by atoms with van der Waals surface area (Å²) in [7, 11) is 0. The predicted molar refractivity (Wildman–Crippen MR) is 118 cm³/mol. The van der Waals surface area contributed by atoms with Gasteiger partial charge in [-0.2, -0.15) is 0 Å². The monoisotopic (exact) mass is 403 g/mol. The molecule has 0 spiro atoms. The van der Waals surface area contributed by atoms with Crippen molar-refractivity contribution >= 4 is 6.29 Å². The van der Waals surface area contributed by atoms with Gasteiger partial charge in [-0.05, 0) is 48.7 Å². The maximum Gasteiger partial charge on any atom is 0.150 e. The number of benzene rings is 1. The number of hydrogen-bond acceptors (Lipinski definition) is 5. The van der Waals surface area contributed by atoms with E-state index < -0.39 is 0 Å². The van der Waals surface area contributed by atoms with Gasteiger partial charge < -0.3 is 5.11 Å². The van der Waals surface area contributed by atoms with Gasteiger partial charge in [0, 0.05) is 48.2 Å². The van der Waals surface area contributed by atoms with Crippen LogP contribution < -0.4 is 0 Å². The van der Waals surface area contributed by atoms with Crippen molar-refractivity contribution in [2.75, 3.05) is 0 Å². The molecule has 0 aliphatic rings. The van der Waals surface area contributed by atoms with E-state index in [-0.39, 0.29) is 11.2 Å². The zero-order valence-electron chi connectivity index (χ0n) is 18.1. The van der Waals surface area contributed by atoms with Gasteiger partial charge in [-0.15, -0.1) is 0 Å². The van der Waals surface area contributed by atoms with E-state index in [1.54, 1.807) is 18.3 Å². The first-order valence-corrected chi connectivity index (χ1v) is 10.1. The van der Waals surface area contributed by atoms with E-state index in [1.165, 1.54) is 0 Å². The van der Waals surface area contributed by atoms with Crippen molar-refractivity contribution in [3.8, 4) is 5.75 Å². The minimum Gasteiger partial charge on any atom is -0.507 e. The van der Waals surface area contributed by atoms with Crippen LogP contribution in [0.4, 0.5) is 0 Å². The minimum atomic E-state index is -0.276. The van der Waals surface area contributed by atoms with Crippen LogP contribution in [0.25, 0.3) is 0 Å². The third kappa shape index (κ3) is 5.51. The lowest BCUT2D eigenvalue weighted by atomic mass is 9.84. The largest absolute Gasteiger partial charge is 0.507 e. The second-order valence-electron chi connectivity index (χ2n) is 8.68. The average molecular weight is 404 g/mol. The molecular weight excluding hydrogens is 374 g/mol. The summed E-state index contributed by atoms with van der Waals surface area (Å²) in [6, 6.07) is 15.4. The Labute approximate surface area is 178 Å². The van der Waals surface area contributed by atoms with Crippen LogP contribution in [0.3, 0.4) is 0 Å². The average Bonchev–Trinajstić information content (AvgIpc) is 2.69. The van der Waals surface area contributed by atoms with Gasteiger partial charge in [-0.3, -0.25) is 19.7 Å². The molecule has 2 heterocycles. The number of rotatable bonds is 7. The molecule has 1 N–H and O–H groups in total. The van der Waals surface area contributed by atoms with Crippen LogP contribution in [-0.4, -0.2) is 26.3 Å². The SMILES string of the molecule is Cc1cccc(CN(Cc2ccccn2)Cc2cc(C=O)cc(C(C)(C)C)c2O)n1. The molecule has 30 heavy (non-hydrogen) atoms. The van der Waals surface area contributed by atoms with Gasteiger partial charge in [0.05, 0.1) is 11.4 Å². The van der Waals surface area contributed by atoms with E-state index in [9.17, 15) is 9.90 Å². The molecule has 5 nitrogen and oxygen atoms in total. The summed E-state index contributed by atoms with van der Waals surface area (Å²) in [6.07, 6.45) is 2.62. The van der Waals surface area contributed by atoms with Crippen molar-refractivity contribution in [3.63, 3.8) is 0 Å². The Hall–Kier alpha value is -3.05. The Morgan fingerprint density at radius 3 is 2.37 bits per heavy atom. The smallest absolute Gasteiger partial charge is 0.150 e. The van der Waals surface area contributed by atoms with E-state index in [0.717, 1.165) is 34.5 Å². The molecule has 0 amide bonds. The molecular formula is C25H29N3O2. The van der Waals surface area contributed by atoms with E-state index in [1.807, 2.05) is 64.1 Å². The number of aryl methyl sites for hydroxylation is 1. The predicted octanol–water partition coefficient (Wildman–Crippen LogP) is 4.80. The van der Waals surface area contributed by atoms with Crippen molar-refractivity contribution < 1.29 is 9.90 Å². The van der Waals surface area contributed by atoms with Crippen LogP contribution in [-0.2, 0) is 25.0 Å². The molecule has 0 fully saturated rings. The molecule has 0 atom stereocenters. The lowest BCUT2D eigenvalue weighted by Crippen LogP contribution is -2.24. The maximum absolute atomic E-state index is 11.5. The van der Waals surface area contributed by atoms with Gasteiger partial charge in [0.15, 0.2) is 0 Å². The summed E-state index contributed by atoms with van der Waals surface area (Å²) in [5.41, 5.74) is 4.65. The van der Waals surface area contributed by atoms with Crippen LogP contribution in [0.15, 0.2) is 54.7 Å². The summed E-state index contributed by atoms with van der Waals surface area (Å²) >= 11 is 0. The lowest BCUT2D eigenvalue weighted by molar-refractivity contribution is 0.112. The lowest BCUT2D eigenvalue weighted by Gasteiger charge is -2.26. The summed E-state index contributed by atoms with van der Waals surface area (Å²) in [5.74, 6) is 0.247. The highest BCUT2D eigenvalue weighted by atomic mass is 16.3. The fraction of sp³-hybridized carbons (Fsp3) is 0.320. The summed E-state index contributed by atoms with van der Waals surface area (Å²) in [6.45, 7) is 9.75. The molecule has 5 heteroatoms. The van der Waals surface area contributed by atoms with E-state index >= 15 is 0 Å². The molecule has 2 aromatic heterocycles. The molecule has 0 saturated heterocycles. The topological polar surface area (TPSA) is 66.3 Å². The molecule has 1 aromatic carbocycles. The number of pyridine rings is 2. The number of phenols is 1. The number of phenolic OH excluding ortho intramolecular Hbond substituents is 1. The zero-order valence-corrected chi connectivity index (χ0v) is 18.1. The molecule has 0 unspecified atom stereocenters. The van der Waals surface area contributed by atoms with Gasteiger partial charge in [-0.1, -0.05) is 32.9 Å². The van der Waals surface area contributed by atoms with Crippen molar-refractivity contribution in [3.05, 3.63) is 88.5 Å². The summed E-state index contributed by atoms with van der Waals surface area (Å²) in [5, 5.41) is 11.0. The normalized spacial score (nSPS) is 11.6. The molecule has 0 saturated carbocycles. The quantitative estimate of drug-likeness (QED) is 0.574. The third-order valence-corrected chi connectivity index (χ3v) is 4.99. The van der Waals surface area contributed by atoms with E-state index in [4.69, 9.17) is 0 Å². The standard InChI is InChI=1S/C25H29N3O2/c1-18-8-7-10-22(27-18)16-28(15-21-9-5-6-11-26-21)14-20-12-19(17-29)13-23(24(20)30)25(2,3)4/h5-13,17,30H,14-16H2,1-4H3. The first-order chi connectivity index (χ1) is 14.3. The Morgan fingerprint density at radius 2 is 1.73 bits per heavy atom. The molecule has 0 aliphatic carbocycles. The Kier molecular flexibility index (Phi) is 6.63. The zero-order chi connectivity index (χ0) is 21.7. The van der Waals surface area contributed by atoms with Gasteiger partial charge in [0.2, 0.25) is 0 Å².